The number of Topliss-reactive ketones (excluding diaryl/α,β-unsaturated/α-hetero) is 1. The highest BCUT2D eigenvalue weighted by molar-refractivity contribution is 6.02. The van der Waals surface area contributed by atoms with Crippen LogP contribution >= 0.6 is 0 Å². The summed E-state index contributed by atoms with van der Waals surface area (Å²) < 4.78 is 0. The van der Waals surface area contributed by atoms with Crippen LogP contribution in [0.15, 0.2) is 0 Å². The lowest BCUT2D eigenvalue weighted by Crippen LogP contribution is -2.25. The van der Waals surface area contributed by atoms with Crippen molar-refractivity contribution in [3.05, 3.63) is 22.5 Å². The summed E-state index contributed by atoms with van der Waals surface area (Å²) in [4.78, 5) is 26.9. The summed E-state index contributed by atoms with van der Waals surface area (Å²) in [5, 5.41) is 2.90. The number of aromatic nitrogens is 1. The molecule has 1 aromatic heterocycles. The minimum Gasteiger partial charge on any atom is -0.354 e. The van der Waals surface area contributed by atoms with Gasteiger partial charge >= 0.3 is 0 Å². The average molecular weight is 264 g/mol. The van der Waals surface area contributed by atoms with Crippen LogP contribution in [0.5, 0.6) is 0 Å². The molecule has 1 rings (SSSR count). The Morgan fingerprint density at radius 2 is 1.89 bits per heavy atom. The van der Waals surface area contributed by atoms with Gasteiger partial charge in [0.1, 0.15) is 5.69 Å². The van der Waals surface area contributed by atoms with Gasteiger partial charge in [-0.15, -0.1) is 0 Å². The summed E-state index contributed by atoms with van der Waals surface area (Å²) in [6.45, 7) is 8.20. The SMILES string of the molecule is CCCCNC(=O)c1[nH]c(C)c(C(C)=O)c1CCC. The highest BCUT2D eigenvalue weighted by Gasteiger charge is 2.21. The average Bonchev–Trinajstić information content (AvgIpc) is 2.67. The lowest BCUT2D eigenvalue weighted by Gasteiger charge is -2.06. The quantitative estimate of drug-likeness (QED) is 0.587. The number of carbonyl (C=O) groups is 2. The van der Waals surface area contributed by atoms with E-state index in [4.69, 9.17) is 0 Å². The van der Waals surface area contributed by atoms with Gasteiger partial charge in [-0.05, 0) is 32.3 Å². The van der Waals surface area contributed by atoms with Gasteiger partial charge in [0.05, 0.1) is 0 Å². The van der Waals surface area contributed by atoms with Crippen LogP contribution in [0.3, 0.4) is 0 Å². The van der Waals surface area contributed by atoms with Gasteiger partial charge in [-0.1, -0.05) is 26.7 Å². The number of amides is 1. The fourth-order valence-electron chi connectivity index (χ4n) is 2.31. The molecule has 0 saturated heterocycles. The molecule has 0 radical (unpaired) electrons. The monoisotopic (exact) mass is 264 g/mol. The highest BCUT2D eigenvalue weighted by Crippen LogP contribution is 2.21. The number of aromatic amines is 1. The Bertz CT molecular complexity index is 461. The van der Waals surface area contributed by atoms with Crippen molar-refractivity contribution < 1.29 is 9.59 Å². The van der Waals surface area contributed by atoms with E-state index in [9.17, 15) is 9.59 Å². The largest absolute Gasteiger partial charge is 0.354 e. The Kier molecular flexibility index (Phi) is 5.80. The maximum atomic E-state index is 12.1. The Balaban J connectivity index is 3.02. The first-order valence-electron chi connectivity index (χ1n) is 7.03. The van der Waals surface area contributed by atoms with Crippen LogP contribution in [0.1, 0.15) is 72.1 Å². The molecule has 0 fully saturated rings. The summed E-state index contributed by atoms with van der Waals surface area (Å²) in [6.07, 6.45) is 3.67. The number of hydrogen-bond donors (Lipinski definition) is 2. The number of carbonyl (C=O) groups excluding carboxylic acids is 2. The minimum atomic E-state index is -0.104. The lowest BCUT2D eigenvalue weighted by molar-refractivity contribution is 0.0947. The fourth-order valence-corrected chi connectivity index (χ4v) is 2.31. The first-order valence-corrected chi connectivity index (χ1v) is 7.03. The third kappa shape index (κ3) is 3.69. The Morgan fingerprint density at radius 1 is 1.21 bits per heavy atom. The third-order valence-corrected chi connectivity index (χ3v) is 3.19. The van der Waals surface area contributed by atoms with E-state index >= 15 is 0 Å². The Hall–Kier alpha value is -1.58. The molecule has 0 spiro atoms. The van der Waals surface area contributed by atoms with Crippen molar-refractivity contribution in [3.8, 4) is 0 Å². The van der Waals surface area contributed by atoms with Gasteiger partial charge in [-0.3, -0.25) is 9.59 Å². The van der Waals surface area contributed by atoms with E-state index in [1.165, 1.54) is 0 Å². The van der Waals surface area contributed by atoms with Gasteiger partial charge in [0.15, 0.2) is 5.78 Å². The van der Waals surface area contributed by atoms with Crippen molar-refractivity contribution in [2.24, 2.45) is 0 Å². The second-order valence-corrected chi connectivity index (χ2v) is 4.89. The number of hydrogen-bond acceptors (Lipinski definition) is 2. The zero-order chi connectivity index (χ0) is 14.4. The summed E-state index contributed by atoms with van der Waals surface area (Å²) >= 11 is 0. The smallest absolute Gasteiger partial charge is 0.268 e. The number of aryl methyl sites for hydroxylation is 1. The summed E-state index contributed by atoms with van der Waals surface area (Å²) in [6, 6.07) is 0. The predicted octanol–water partition coefficient (Wildman–Crippen LogP) is 3.01. The number of ketones is 1. The van der Waals surface area contributed by atoms with E-state index in [1.54, 1.807) is 6.92 Å². The second kappa shape index (κ2) is 7.12. The van der Waals surface area contributed by atoms with E-state index in [-0.39, 0.29) is 11.7 Å². The molecular formula is C15H24N2O2. The third-order valence-electron chi connectivity index (χ3n) is 3.19. The molecule has 0 aliphatic rings. The molecule has 1 aromatic rings. The van der Waals surface area contributed by atoms with E-state index in [0.717, 1.165) is 36.9 Å². The van der Waals surface area contributed by atoms with Crippen molar-refractivity contribution in [1.82, 2.24) is 10.3 Å². The number of unbranched alkanes of at least 4 members (excludes halogenated alkanes) is 1. The van der Waals surface area contributed by atoms with Gasteiger partial charge in [0.25, 0.3) is 5.91 Å². The molecule has 4 heteroatoms. The Morgan fingerprint density at radius 3 is 2.42 bits per heavy atom. The van der Waals surface area contributed by atoms with Crippen molar-refractivity contribution in [2.45, 2.75) is 53.4 Å². The van der Waals surface area contributed by atoms with E-state index in [0.29, 0.717) is 17.8 Å². The summed E-state index contributed by atoms with van der Waals surface area (Å²) in [5.74, 6) is -0.0858. The molecule has 1 heterocycles. The standard InChI is InChI=1S/C15H24N2O2/c1-5-7-9-16-15(19)14-12(8-6-2)13(11(4)18)10(3)17-14/h17H,5-9H2,1-4H3,(H,16,19). The normalized spacial score (nSPS) is 10.5. The minimum absolute atomic E-state index is 0.0183. The van der Waals surface area contributed by atoms with Crippen molar-refractivity contribution in [2.75, 3.05) is 6.54 Å². The zero-order valence-corrected chi connectivity index (χ0v) is 12.4. The number of nitrogens with one attached hydrogen (secondary N) is 2. The fraction of sp³-hybridized carbons (Fsp3) is 0.600. The maximum absolute atomic E-state index is 12.1. The van der Waals surface area contributed by atoms with Crippen molar-refractivity contribution >= 4 is 11.7 Å². The molecule has 4 nitrogen and oxygen atoms in total. The molecule has 0 unspecified atom stereocenters. The summed E-state index contributed by atoms with van der Waals surface area (Å²) in [7, 11) is 0. The summed E-state index contributed by atoms with van der Waals surface area (Å²) in [5.41, 5.74) is 2.89. The van der Waals surface area contributed by atoms with Crippen molar-refractivity contribution in [3.63, 3.8) is 0 Å². The van der Waals surface area contributed by atoms with Gasteiger partial charge < -0.3 is 10.3 Å². The van der Waals surface area contributed by atoms with Gasteiger partial charge in [0, 0.05) is 17.8 Å². The van der Waals surface area contributed by atoms with Crippen LogP contribution in [0.25, 0.3) is 0 Å². The topological polar surface area (TPSA) is 62.0 Å². The molecule has 1 amide bonds. The molecule has 0 bridgehead atoms. The molecular weight excluding hydrogens is 240 g/mol. The number of H-pyrrole nitrogens is 1. The Labute approximate surface area is 115 Å². The first kappa shape index (κ1) is 15.5. The lowest BCUT2D eigenvalue weighted by atomic mass is 10.0. The second-order valence-electron chi connectivity index (χ2n) is 4.89. The van der Waals surface area contributed by atoms with E-state index in [1.807, 2.05) is 13.8 Å². The molecule has 2 N–H and O–H groups in total. The van der Waals surface area contributed by atoms with Crippen LogP contribution in [-0.2, 0) is 6.42 Å². The molecule has 0 saturated carbocycles. The van der Waals surface area contributed by atoms with Crippen LogP contribution < -0.4 is 5.32 Å². The van der Waals surface area contributed by atoms with Crippen LogP contribution in [-0.4, -0.2) is 23.2 Å². The van der Waals surface area contributed by atoms with E-state index < -0.39 is 0 Å². The first-order chi connectivity index (χ1) is 9.02. The molecule has 0 aliphatic heterocycles. The highest BCUT2D eigenvalue weighted by atomic mass is 16.2. The van der Waals surface area contributed by atoms with Crippen molar-refractivity contribution in [1.29, 1.82) is 0 Å². The zero-order valence-electron chi connectivity index (χ0n) is 12.4. The van der Waals surface area contributed by atoms with Crippen LogP contribution in [0.4, 0.5) is 0 Å². The molecule has 106 valence electrons. The van der Waals surface area contributed by atoms with Crippen LogP contribution in [0, 0.1) is 6.92 Å². The number of rotatable bonds is 7. The maximum Gasteiger partial charge on any atom is 0.268 e. The van der Waals surface area contributed by atoms with Gasteiger partial charge in [0.2, 0.25) is 0 Å². The predicted molar refractivity (Wildman–Crippen MR) is 76.8 cm³/mol. The van der Waals surface area contributed by atoms with Gasteiger partial charge in [-0.2, -0.15) is 0 Å². The van der Waals surface area contributed by atoms with Crippen LogP contribution in [0.2, 0.25) is 0 Å². The van der Waals surface area contributed by atoms with E-state index in [2.05, 4.69) is 17.2 Å². The molecule has 0 aromatic carbocycles. The molecule has 0 atom stereocenters. The molecule has 19 heavy (non-hydrogen) atoms. The molecule has 0 aliphatic carbocycles. The van der Waals surface area contributed by atoms with Gasteiger partial charge in [-0.25, -0.2) is 0 Å².